The van der Waals surface area contributed by atoms with E-state index in [1.54, 1.807) is 25.1 Å². The number of anilines is 1. The lowest BCUT2D eigenvalue weighted by Gasteiger charge is -2.09. The number of amides is 1. The van der Waals surface area contributed by atoms with Crippen LogP contribution >= 0.6 is 11.6 Å². The number of carbonyl (C=O) groups excluding carboxylic acids is 1. The van der Waals surface area contributed by atoms with Gasteiger partial charge in [-0.15, -0.1) is 11.6 Å². The summed E-state index contributed by atoms with van der Waals surface area (Å²) in [6.07, 6.45) is 0. The molecule has 1 heterocycles. The SMILES string of the molecule is CC(Cl)C(=O)Nc1cccc(-c2cccc(-c3ccc(F)cc3)n2)c1. The van der Waals surface area contributed by atoms with Crippen molar-refractivity contribution in [2.75, 3.05) is 5.32 Å². The van der Waals surface area contributed by atoms with Crippen LogP contribution in [0, 0.1) is 5.82 Å². The molecule has 0 radical (unpaired) electrons. The fourth-order valence-corrected chi connectivity index (χ4v) is 2.43. The summed E-state index contributed by atoms with van der Waals surface area (Å²) in [5, 5.41) is 2.16. The molecule has 3 aromatic rings. The molecule has 3 nitrogen and oxygen atoms in total. The van der Waals surface area contributed by atoms with E-state index in [-0.39, 0.29) is 11.7 Å². The summed E-state index contributed by atoms with van der Waals surface area (Å²) >= 11 is 5.78. The van der Waals surface area contributed by atoms with E-state index in [1.807, 2.05) is 36.4 Å². The number of hydrogen-bond acceptors (Lipinski definition) is 2. The third-order valence-electron chi connectivity index (χ3n) is 3.68. The van der Waals surface area contributed by atoms with Crippen molar-refractivity contribution in [3.05, 3.63) is 72.5 Å². The van der Waals surface area contributed by atoms with Gasteiger partial charge in [-0.3, -0.25) is 4.79 Å². The Morgan fingerprint density at radius 3 is 2.32 bits per heavy atom. The Morgan fingerprint density at radius 1 is 1.00 bits per heavy atom. The lowest BCUT2D eigenvalue weighted by molar-refractivity contribution is -0.115. The van der Waals surface area contributed by atoms with E-state index in [2.05, 4.69) is 10.3 Å². The zero-order valence-electron chi connectivity index (χ0n) is 13.5. The van der Waals surface area contributed by atoms with Crippen molar-refractivity contribution < 1.29 is 9.18 Å². The van der Waals surface area contributed by atoms with Crippen LogP contribution in [0.5, 0.6) is 0 Å². The van der Waals surface area contributed by atoms with Crippen LogP contribution in [0.3, 0.4) is 0 Å². The van der Waals surface area contributed by atoms with E-state index in [0.717, 1.165) is 22.5 Å². The maximum atomic E-state index is 13.1. The molecule has 0 aliphatic rings. The third kappa shape index (κ3) is 4.22. The molecule has 1 atom stereocenters. The average Bonchev–Trinajstić information content (AvgIpc) is 2.62. The monoisotopic (exact) mass is 354 g/mol. The molecular formula is C20H16ClFN2O. The Kier molecular flexibility index (Phi) is 5.10. The van der Waals surface area contributed by atoms with E-state index < -0.39 is 5.38 Å². The van der Waals surface area contributed by atoms with Crippen molar-refractivity contribution in [2.45, 2.75) is 12.3 Å². The molecule has 1 unspecified atom stereocenters. The van der Waals surface area contributed by atoms with Gasteiger partial charge in [-0.25, -0.2) is 9.37 Å². The van der Waals surface area contributed by atoms with Crippen LogP contribution < -0.4 is 5.32 Å². The number of hydrogen-bond donors (Lipinski definition) is 1. The van der Waals surface area contributed by atoms with Crippen molar-refractivity contribution in [3.8, 4) is 22.5 Å². The summed E-state index contributed by atoms with van der Waals surface area (Å²) in [6.45, 7) is 1.62. The minimum absolute atomic E-state index is 0.258. The van der Waals surface area contributed by atoms with Crippen LogP contribution in [0.2, 0.25) is 0 Å². The van der Waals surface area contributed by atoms with E-state index in [0.29, 0.717) is 5.69 Å². The maximum Gasteiger partial charge on any atom is 0.242 e. The second kappa shape index (κ2) is 7.45. The number of rotatable bonds is 4. The zero-order valence-corrected chi connectivity index (χ0v) is 14.3. The van der Waals surface area contributed by atoms with Gasteiger partial charge in [0.1, 0.15) is 11.2 Å². The molecule has 1 N–H and O–H groups in total. The fourth-order valence-electron chi connectivity index (χ4n) is 2.37. The normalized spacial score (nSPS) is 11.8. The van der Waals surface area contributed by atoms with Gasteiger partial charge in [0.15, 0.2) is 0 Å². The standard InChI is InChI=1S/C20H16ClFN2O/c1-13(21)20(25)23-17-5-2-4-15(12-17)19-7-3-6-18(24-19)14-8-10-16(22)11-9-14/h2-13H,1H3,(H,23,25). The molecule has 25 heavy (non-hydrogen) atoms. The summed E-state index contributed by atoms with van der Waals surface area (Å²) in [5.74, 6) is -0.538. The van der Waals surface area contributed by atoms with Crippen molar-refractivity contribution >= 4 is 23.2 Å². The van der Waals surface area contributed by atoms with Crippen molar-refractivity contribution in [1.82, 2.24) is 4.98 Å². The Bertz CT molecular complexity index is 894. The summed E-state index contributed by atoms with van der Waals surface area (Å²) < 4.78 is 13.1. The van der Waals surface area contributed by atoms with Gasteiger partial charge in [0, 0.05) is 16.8 Å². The Labute approximate surface area is 150 Å². The molecule has 0 bridgehead atoms. The highest BCUT2D eigenvalue weighted by atomic mass is 35.5. The minimum atomic E-state index is -0.608. The third-order valence-corrected chi connectivity index (χ3v) is 3.87. The highest BCUT2D eigenvalue weighted by Crippen LogP contribution is 2.25. The van der Waals surface area contributed by atoms with Gasteiger partial charge in [-0.1, -0.05) is 18.2 Å². The van der Waals surface area contributed by atoms with Crippen LogP contribution in [0.25, 0.3) is 22.5 Å². The number of alkyl halides is 1. The van der Waals surface area contributed by atoms with Crippen LogP contribution in [0.4, 0.5) is 10.1 Å². The molecule has 1 amide bonds. The Morgan fingerprint density at radius 2 is 1.64 bits per heavy atom. The average molecular weight is 355 g/mol. The molecule has 0 saturated heterocycles. The predicted octanol–water partition coefficient (Wildman–Crippen LogP) is 5.12. The van der Waals surface area contributed by atoms with E-state index in [4.69, 9.17) is 11.6 Å². The van der Waals surface area contributed by atoms with E-state index in [9.17, 15) is 9.18 Å². The molecule has 126 valence electrons. The smallest absolute Gasteiger partial charge is 0.242 e. The van der Waals surface area contributed by atoms with Crippen LogP contribution in [-0.4, -0.2) is 16.3 Å². The molecule has 0 aliphatic carbocycles. The number of benzene rings is 2. The van der Waals surface area contributed by atoms with E-state index >= 15 is 0 Å². The summed E-state index contributed by atoms with van der Waals surface area (Å²) in [5.41, 5.74) is 3.87. The van der Waals surface area contributed by atoms with Gasteiger partial charge < -0.3 is 5.32 Å². The molecule has 3 rings (SSSR count). The quantitative estimate of drug-likeness (QED) is 0.661. The summed E-state index contributed by atoms with van der Waals surface area (Å²) in [6, 6.07) is 19.3. The Balaban J connectivity index is 1.91. The molecule has 0 spiro atoms. The van der Waals surface area contributed by atoms with Gasteiger partial charge in [-0.05, 0) is 55.5 Å². The van der Waals surface area contributed by atoms with Crippen LogP contribution in [0.1, 0.15) is 6.92 Å². The van der Waals surface area contributed by atoms with Crippen LogP contribution in [0.15, 0.2) is 66.7 Å². The number of carbonyl (C=O) groups is 1. The second-order valence-electron chi connectivity index (χ2n) is 5.60. The fraction of sp³-hybridized carbons (Fsp3) is 0.100. The highest BCUT2D eigenvalue weighted by Gasteiger charge is 2.10. The first kappa shape index (κ1) is 17.1. The van der Waals surface area contributed by atoms with Crippen molar-refractivity contribution in [3.63, 3.8) is 0 Å². The predicted molar refractivity (Wildman–Crippen MR) is 99.0 cm³/mol. The molecule has 0 aliphatic heterocycles. The van der Waals surface area contributed by atoms with Crippen LogP contribution in [-0.2, 0) is 4.79 Å². The van der Waals surface area contributed by atoms with Crippen molar-refractivity contribution in [2.24, 2.45) is 0 Å². The molecule has 2 aromatic carbocycles. The molecule has 1 aromatic heterocycles. The first-order valence-electron chi connectivity index (χ1n) is 7.81. The van der Waals surface area contributed by atoms with Crippen molar-refractivity contribution in [1.29, 1.82) is 0 Å². The first-order chi connectivity index (χ1) is 12.0. The molecule has 0 fully saturated rings. The Hall–Kier alpha value is -2.72. The largest absolute Gasteiger partial charge is 0.325 e. The first-order valence-corrected chi connectivity index (χ1v) is 8.25. The number of pyridine rings is 1. The van der Waals surface area contributed by atoms with Gasteiger partial charge in [0.05, 0.1) is 11.4 Å². The lowest BCUT2D eigenvalue weighted by Crippen LogP contribution is -2.20. The second-order valence-corrected chi connectivity index (χ2v) is 6.26. The summed E-state index contributed by atoms with van der Waals surface area (Å²) in [7, 11) is 0. The topological polar surface area (TPSA) is 42.0 Å². The number of nitrogens with one attached hydrogen (secondary N) is 1. The van der Waals surface area contributed by atoms with Gasteiger partial charge >= 0.3 is 0 Å². The van der Waals surface area contributed by atoms with E-state index in [1.165, 1.54) is 12.1 Å². The minimum Gasteiger partial charge on any atom is -0.325 e. The molecule has 0 saturated carbocycles. The number of halogens is 2. The molecular weight excluding hydrogens is 339 g/mol. The van der Waals surface area contributed by atoms with Gasteiger partial charge in [0.2, 0.25) is 5.91 Å². The van der Waals surface area contributed by atoms with Gasteiger partial charge in [0.25, 0.3) is 0 Å². The zero-order chi connectivity index (χ0) is 17.8. The number of aromatic nitrogens is 1. The lowest BCUT2D eigenvalue weighted by atomic mass is 10.1. The molecule has 5 heteroatoms. The highest BCUT2D eigenvalue weighted by molar-refractivity contribution is 6.32. The maximum absolute atomic E-state index is 13.1. The summed E-state index contributed by atoms with van der Waals surface area (Å²) in [4.78, 5) is 16.4. The van der Waals surface area contributed by atoms with Gasteiger partial charge in [-0.2, -0.15) is 0 Å². The number of nitrogens with zero attached hydrogens (tertiary/aromatic N) is 1.